The van der Waals surface area contributed by atoms with Crippen molar-refractivity contribution in [1.29, 1.82) is 0 Å². The Bertz CT molecular complexity index is 1160. The molecule has 1 aliphatic rings. The third kappa shape index (κ3) is 3.78. The molecule has 6 nitrogen and oxygen atoms in total. The van der Waals surface area contributed by atoms with E-state index in [4.69, 9.17) is 9.15 Å². The van der Waals surface area contributed by atoms with Crippen LogP contribution in [0.1, 0.15) is 34.3 Å². The summed E-state index contributed by atoms with van der Waals surface area (Å²) in [6.45, 7) is 3.75. The largest absolute Gasteiger partial charge is 0.478 e. The van der Waals surface area contributed by atoms with Crippen molar-refractivity contribution in [2.75, 3.05) is 31.2 Å². The van der Waals surface area contributed by atoms with Crippen LogP contribution in [0.4, 0.5) is 14.7 Å². The summed E-state index contributed by atoms with van der Waals surface area (Å²) in [6.07, 6.45) is 0. The lowest BCUT2D eigenvalue weighted by Crippen LogP contribution is -2.36. The third-order valence-corrected chi connectivity index (χ3v) is 5.27. The SMILES string of the molecule is CC(c1cc(F)cc(F)c1)c1cc(C(=O)O)cc2c(=O)cc(N3CCOCC3)oc12. The molecule has 156 valence electrons. The lowest BCUT2D eigenvalue weighted by molar-refractivity contribution is 0.0697. The lowest BCUT2D eigenvalue weighted by atomic mass is 9.90. The van der Waals surface area contributed by atoms with Crippen molar-refractivity contribution in [3.05, 3.63) is 74.9 Å². The van der Waals surface area contributed by atoms with Gasteiger partial charge in [0, 0.05) is 36.7 Å². The van der Waals surface area contributed by atoms with Crippen LogP contribution in [-0.4, -0.2) is 37.4 Å². The quantitative estimate of drug-likeness (QED) is 0.699. The number of carbonyl (C=O) groups is 1. The van der Waals surface area contributed by atoms with Crippen LogP contribution in [0.3, 0.4) is 0 Å². The fourth-order valence-electron chi connectivity index (χ4n) is 3.66. The molecule has 0 spiro atoms. The first-order valence-corrected chi connectivity index (χ1v) is 9.47. The van der Waals surface area contributed by atoms with Gasteiger partial charge in [-0.05, 0) is 29.8 Å². The molecule has 1 atom stereocenters. The summed E-state index contributed by atoms with van der Waals surface area (Å²) >= 11 is 0. The molecule has 2 heterocycles. The first-order chi connectivity index (χ1) is 14.3. The Labute approximate surface area is 170 Å². The van der Waals surface area contributed by atoms with E-state index in [1.54, 1.807) is 6.92 Å². The van der Waals surface area contributed by atoms with E-state index in [0.717, 1.165) is 6.07 Å². The number of fused-ring (bicyclic) bond motifs is 1. The van der Waals surface area contributed by atoms with E-state index >= 15 is 0 Å². The Morgan fingerprint density at radius 1 is 1.07 bits per heavy atom. The van der Waals surface area contributed by atoms with Gasteiger partial charge in [-0.2, -0.15) is 0 Å². The maximum Gasteiger partial charge on any atom is 0.335 e. The minimum atomic E-state index is -1.22. The van der Waals surface area contributed by atoms with Gasteiger partial charge in [0.2, 0.25) is 0 Å². The smallest absolute Gasteiger partial charge is 0.335 e. The summed E-state index contributed by atoms with van der Waals surface area (Å²) in [5.41, 5.74) is 0.372. The first-order valence-electron chi connectivity index (χ1n) is 9.47. The van der Waals surface area contributed by atoms with Crippen LogP contribution in [-0.2, 0) is 4.74 Å². The Morgan fingerprint density at radius 2 is 1.73 bits per heavy atom. The molecule has 1 aromatic heterocycles. The fraction of sp³-hybridized carbons (Fsp3) is 0.273. The van der Waals surface area contributed by atoms with E-state index in [-0.39, 0.29) is 22.0 Å². The number of ether oxygens (including phenoxy) is 1. The Kier molecular flexibility index (Phi) is 5.26. The zero-order valence-corrected chi connectivity index (χ0v) is 16.2. The van der Waals surface area contributed by atoms with Gasteiger partial charge in [-0.15, -0.1) is 0 Å². The van der Waals surface area contributed by atoms with Gasteiger partial charge in [-0.3, -0.25) is 4.79 Å². The third-order valence-electron chi connectivity index (χ3n) is 5.27. The number of aromatic carboxylic acids is 1. The molecular formula is C22H19F2NO5. The van der Waals surface area contributed by atoms with Gasteiger partial charge in [0.25, 0.3) is 0 Å². The van der Waals surface area contributed by atoms with Crippen LogP contribution in [0.5, 0.6) is 0 Å². The number of hydrogen-bond donors (Lipinski definition) is 1. The summed E-state index contributed by atoms with van der Waals surface area (Å²) in [5.74, 6) is -2.98. The molecule has 0 radical (unpaired) electrons. The van der Waals surface area contributed by atoms with Gasteiger partial charge in [0.1, 0.15) is 17.2 Å². The van der Waals surface area contributed by atoms with Gasteiger partial charge in [-0.1, -0.05) is 6.92 Å². The molecule has 0 aliphatic carbocycles. The maximum absolute atomic E-state index is 13.8. The van der Waals surface area contributed by atoms with E-state index in [1.165, 1.54) is 30.3 Å². The predicted molar refractivity (Wildman–Crippen MR) is 106 cm³/mol. The number of hydrogen-bond acceptors (Lipinski definition) is 5. The summed E-state index contributed by atoms with van der Waals surface area (Å²) in [7, 11) is 0. The number of carboxylic acids is 1. The molecule has 1 saturated heterocycles. The highest BCUT2D eigenvalue weighted by Crippen LogP contribution is 2.33. The number of carboxylic acid groups (broad SMARTS) is 1. The lowest BCUT2D eigenvalue weighted by Gasteiger charge is -2.27. The number of nitrogens with zero attached hydrogens (tertiary/aromatic N) is 1. The van der Waals surface area contributed by atoms with E-state index in [1.807, 2.05) is 4.90 Å². The summed E-state index contributed by atoms with van der Waals surface area (Å²) in [5, 5.41) is 9.59. The van der Waals surface area contributed by atoms with Crippen LogP contribution in [0.2, 0.25) is 0 Å². The van der Waals surface area contributed by atoms with Crippen molar-refractivity contribution in [2.45, 2.75) is 12.8 Å². The van der Waals surface area contributed by atoms with Crippen LogP contribution in [0, 0.1) is 11.6 Å². The highest BCUT2D eigenvalue weighted by molar-refractivity contribution is 5.94. The van der Waals surface area contributed by atoms with Crippen molar-refractivity contribution in [1.82, 2.24) is 0 Å². The molecule has 1 N–H and O–H groups in total. The fourth-order valence-corrected chi connectivity index (χ4v) is 3.66. The zero-order chi connectivity index (χ0) is 21.4. The monoisotopic (exact) mass is 415 g/mol. The molecule has 30 heavy (non-hydrogen) atoms. The molecule has 3 aromatic rings. The number of benzene rings is 2. The highest BCUT2D eigenvalue weighted by Gasteiger charge is 2.22. The van der Waals surface area contributed by atoms with E-state index < -0.39 is 23.5 Å². The molecule has 1 fully saturated rings. The van der Waals surface area contributed by atoms with Gasteiger partial charge in [-0.25, -0.2) is 13.6 Å². The van der Waals surface area contributed by atoms with Crippen molar-refractivity contribution < 1.29 is 27.8 Å². The molecule has 2 aromatic carbocycles. The van der Waals surface area contributed by atoms with Crippen molar-refractivity contribution in [3.8, 4) is 0 Å². The molecule has 0 saturated carbocycles. The van der Waals surface area contributed by atoms with Gasteiger partial charge >= 0.3 is 5.97 Å². The van der Waals surface area contributed by atoms with Crippen molar-refractivity contribution in [2.24, 2.45) is 0 Å². The molecule has 4 rings (SSSR count). The van der Waals surface area contributed by atoms with Gasteiger partial charge in [0.05, 0.1) is 24.2 Å². The zero-order valence-electron chi connectivity index (χ0n) is 16.2. The number of rotatable bonds is 4. The second-order valence-corrected chi connectivity index (χ2v) is 7.22. The minimum Gasteiger partial charge on any atom is -0.478 e. The standard InChI is InChI=1S/C22H19F2NO5/c1-12(13-6-15(23)10-16(24)7-13)17-8-14(22(27)28)9-18-19(26)11-20(30-21(17)18)25-2-4-29-5-3-25/h6-12H,2-5H2,1H3,(H,27,28). The Balaban J connectivity index is 1.94. The molecule has 0 bridgehead atoms. The first kappa shape index (κ1) is 20.0. The summed E-state index contributed by atoms with van der Waals surface area (Å²) in [6, 6.07) is 7.08. The maximum atomic E-state index is 13.8. The average molecular weight is 415 g/mol. The van der Waals surface area contributed by atoms with Crippen LogP contribution < -0.4 is 10.3 Å². The molecule has 0 amide bonds. The Hall–Kier alpha value is -3.26. The molecule has 8 heteroatoms. The van der Waals surface area contributed by atoms with Crippen LogP contribution in [0.15, 0.2) is 45.6 Å². The second-order valence-electron chi connectivity index (χ2n) is 7.22. The van der Waals surface area contributed by atoms with Gasteiger partial charge < -0.3 is 19.2 Å². The molecular weight excluding hydrogens is 396 g/mol. The van der Waals surface area contributed by atoms with Crippen molar-refractivity contribution in [3.63, 3.8) is 0 Å². The normalized spacial score (nSPS) is 15.4. The second kappa shape index (κ2) is 7.87. The molecule has 1 aliphatic heterocycles. The topological polar surface area (TPSA) is 80.0 Å². The number of anilines is 1. The summed E-state index contributed by atoms with van der Waals surface area (Å²) in [4.78, 5) is 26.3. The Morgan fingerprint density at radius 3 is 2.37 bits per heavy atom. The minimum absolute atomic E-state index is 0.102. The van der Waals surface area contributed by atoms with Gasteiger partial charge in [0.15, 0.2) is 11.3 Å². The summed E-state index contributed by atoms with van der Waals surface area (Å²) < 4.78 is 38.9. The average Bonchev–Trinajstić information content (AvgIpc) is 2.72. The van der Waals surface area contributed by atoms with Crippen LogP contribution in [0.25, 0.3) is 11.0 Å². The van der Waals surface area contributed by atoms with E-state index in [9.17, 15) is 23.5 Å². The van der Waals surface area contributed by atoms with E-state index in [0.29, 0.717) is 43.3 Å². The van der Waals surface area contributed by atoms with Crippen molar-refractivity contribution >= 4 is 22.8 Å². The number of morpholine rings is 1. The molecule has 1 unspecified atom stereocenters. The van der Waals surface area contributed by atoms with E-state index in [2.05, 4.69) is 0 Å². The highest BCUT2D eigenvalue weighted by atomic mass is 19.1. The number of halogens is 2. The predicted octanol–water partition coefficient (Wildman–Crippen LogP) is 3.76. The van der Waals surface area contributed by atoms with Crippen LogP contribution >= 0.6 is 0 Å².